The Balaban J connectivity index is 2.02. The number of methoxy groups -OCH3 is 1. The number of hydrogen-bond acceptors (Lipinski definition) is 5. The molecule has 0 bridgehead atoms. The van der Waals surface area contributed by atoms with Crippen LogP contribution >= 0.6 is 0 Å². The van der Waals surface area contributed by atoms with E-state index in [0.717, 1.165) is 17.0 Å². The van der Waals surface area contributed by atoms with Crippen LogP contribution in [0, 0.1) is 20.8 Å². The van der Waals surface area contributed by atoms with E-state index in [1.165, 1.54) is 14.0 Å². The second-order valence-corrected chi connectivity index (χ2v) is 5.86. The van der Waals surface area contributed by atoms with Crippen molar-refractivity contribution in [2.24, 2.45) is 0 Å². The summed E-state index contributed by atoms with van der Waals surface area (Å²) in [6.45, 7) is 7.89. The molecule has 0 saturated heterocycles. The highest BCUT2D eigenvalue weighted by Crippen LogP contribution is 2.28. The quantitative estimate of drug-likeness (QED) is 0.789. The molecule has 0 aliphatic rings. The van der Waals surface area contributed by atoms with Gasteiger partial charge in [-0.25, -0.2) is 0 Å². The number of carbonyl (C=O) groups is 1. The number of rotatable bonds is 7. The topological polar surface area (TPSA) is 73.6 Å². The Hall–Kier alpha value is -2.34. The van der Waals surface area contributed by atoms with E-state index in [1.54, 1.807) is 22.9 Å². The monoisotopic (exact) mass is 332 g/mol. The number of aliphatic hydroxyl groups excluding tert-OH is 1. The molecule has 0 radical (unpaired) electrons. The van der Waals surface area contributed by atoms with Crippen molar-refractivity contribution in [3.8, 4) is 11.5 Å². The lowest BCUT2D eigenvalue weighted by atomic mass is 10.1. The van der Waals surface area contributed by atoms with E-state index in [4.69, 9.17) is 9.47 Å². The summed E-state index contributed by atoms with van der Waals surface area (Å²) in [4.78, 5) is 11.4. The van der Waals surface area contributed by atoms with E-state index < -0.39 is 6.10 Å². The van der Waals surface area contributed by atoms with Gasteiger partial charge in [0.15, 0.2) is 17.3 Å². The van der Waals surface area contributed by atoms with E-state index in [2.05, 4.69) is 5.10 Å². The van der Waals surface area contributed by atoms with Gasteiger partial charge in [-0.3, -0.25) is 9.48 Å². The van der Waals surface area contributed by atoms with Gasteiger partial charge in [0.25, 0.3) is 0 Å². The molecule has 1 atom stereocenters. The predicted octanol–water partition coefficient (Wildman–Crippen LogP) is 2.46. The summed E-state index contributed by atoms with van der Waals surface area (Å²) in [6.07, 6.45) is -0.709. The van der Waals surface area contributed by atoms with Gasteiger partial charge in [-0.15, -0.1) is 0 Å². The van der Waals surface area contributed by atoms with Crippen LogP contribution in [0.3, 0.4) is 0 Å². The minimum atomic E-state index is -0.709. The Kier molecular flexibility index (Phi) is 5.62. The van der Waals surface area contributed by atoms with Crippen LogP contribution in [0.15, 0.2) is 18.2 Å². The summed E-state index contributed by atoms with van der Waals surface area (Å²) in [5.41, 5.74) is 3.68. The molecule has 6 heteroatoms. The summed E-state index contributed by atoms with van der Waals surface area (Å²) in [5.74, 6) is 0.919. The van der Waals surface area contributed by atoms with Gasteiger partial charge in [0.1, 0.15) is 12.7 Å². The molecule has 0 amide bonds. The molecule has 6 nitrogen and oxygen atoms in total. The van der Waals surface area contributed by atoms with Crippen LogP contribution in [-0.2, 0) is 6.54 Å². The first-order valence-electron chi connectivity index (χ1n) is 7.84. The first-order chi connectivity index (χ1) is 11.3. The molecule has 2 rings (SSSR count). The number of aromatic nitrogens is 2. The number of benzene rings is 1. The zero-order valence-electron chi connectivity index (χ0n) is 14.8. The fourth-order valence-electron chi connectivity index (χ4n) is 2.41. The number of carbonyl (C=O) groups excluding carboxylic acids is 1. The van der Waals surface area contributed by atoms with E-state index >= 15 is 0 Å². The van der Waals surface area contributed by atoms with Crippen molar-refractivity contribution in [2.75, 3.05) is 13.7 Å². The number of hydrogen-bond donors (Lipinski definition) is 1. The SMILES string of the molecule is COc1cc(C(C)=O)ccc1OC[C@@H](O)Cn1nc(C)c(C)c1C. The van der Waals surface area contributed by atoms with Crippen LogP contribution in [0.2, 0.25) is 0 Å². The molecule has 2 aromatic rings. The molecule has 0 spiro atoms. The Morgan fingerprint density at radius 2 is 2.00 bits per heavy atom. The van der Waals surface area contributed by atoms with Gasteiger partial charge in [0.2, 0.25) is 0 Å². The summed E-state index contributed by atoms with van der Waals surface area (Å²) in [5, 5.41) is 14.6. The van der Waals surface area contributed by atoms with Gasteiger partial charge in [0.05, 0.1) is 19.3 Å². The minimum absolute atomic E-state index is 0.0419. The standard InChI is InChI=1S/C18H24N2O4/c1-11-12(2)19-20(13(11)3)9-16(22)10-24-17-7-6-15(14(4)21)8-18(17)23-5/h6-8,16,22H,9-10H2,1-5H3/t16-/m0/s1. The van der Waals surface area contributed by atoms with Gasteiger partial charge in [0, 0.05) is 11.3 Å². The average Bonchev–Trinajstić information content (AvgIpc) is 2.79. The highest BCUT2D eigenvalue weighted by molar-refractivity contribution is 5.94. The van der Waals surface area contributed by atoms with E-state index in [0.29, 0.717) is 23.6 Å². The summed E-state index contributed by atoms with van der Waals surface area (Å²) in [7, 11) is 1.52. The molecular weight excluding hydrogens is 308 g/mol. The molecule has 1 heterocycles. The van der Waals surface area contributed by atoms with Crippen LogP contribution < -0.4 is 9.47 Å². The van der Waals surface area contributed by atoms with Crippen molar-refractivity contribution in [2.45, 2.75) is 40.3 Å². The number of ketones is 1. The van der Waals surface area contributed by atoms with Gasteiger partial charge in [-0.05, 0) is 51.5 Å². The summed E-state index contributed by atoms with van der Waals surface area (Å²) in [6, 6.07) is 4.99. The van der Waals surface area contributed by atoms with Crippen molar-refractivity contribution in [1.82, 2.24) is 9.78 Å². The van der Waals surface area contributed by atoms with Gasteiger partial charge < -0.3 is 14.6 Å². The van der Waals surface area contributed by atoms with Crippen LogP contribution in [0.4, 0.5) is 0 Å². The van der Waals surface area contributed by atoms with Crippen LogP contribution in [0.25, 0.3) is 0 Å². The molecule has 1 aromatic heterocycles. The van der Waals surface area contributed by atoms with Crippen molar-refractivity contribution < 1.29 is 19.4 Å². The fraction of sp³-hybridized carbons (Fsp3) is 0.444. The summed E-state index contributed by atoms with van der Waals surface area (Å²) >= 11 is 0. The third-order valence-electron chi connectivity index (χ3n) is 4.13. The number of aryl methyl sites for hydroxylation is 1. The Labute approximate surface area is 142 Å². The molecular formula is C18H24N2O4. The maximum Gasteiger partial charge on any atom is 0.161 e. The van der Waals surface area contributed by atoms with Crippen molar-refractivity contribution >= 4 is 5.78 Å². The van der Waals surface area contributed by atoms with Crippen molar-refractivity contribution in [3.63, 3.8) is 0 Å². The highest BCUT2D eigenvalue weighted by Gasteiger charge is 2.14. The smallest absolute Gasteiger partial charge is 0.161 e. The Morgan fingerprint density at radius 3 is 2.54 bits per heavy atom. The van der Waals surface area contributed by atoms with Crippen LogP contribution in [0.5, 0.6) is 11.5 Å². The zero-order chi connectivity index (χ0) is 17.9. The largest absolute Gasteiger partial charge is 0.493 e. The zero-order valence-corrected chi connectivity index (χ0v) is 14.8. The lowest BCUT2D eigenvalue weighted by Crippen LogP contribution is -2.25. The number of nitrogens with zero attached hydrogens (tertiary/aromatic N) is 2. The highest BCUT2D eigenvalue weighted by atomic mass is 16.5. The molecule has 0 saturated carbocycles. The Morgan fingerprint density at radius 1 is 1.29 bits per heavy atom. The number of Topliss-reactive ketones (excluding diaryl/α,β-unsaturated/α-hetero) is 1. The molecule has 24 heavy (non-hydrogen) atoms. The van der Waals surface area contributed by atoms with Crippen LogP contribution in [0.1, 0.15) is 34.2 Å². The van der Waals surface area contributed by atoms with Crippen molar-refractivity contribution in [1.29, 1.82) is 0 Å². The second kappa shape index (κ2) is 7.49. The molecule has 1 aromatic carbocycles. The molecule has 0 aliphatic heterocycles. The first-order valence-corrected chi connectivity index (χ1v) is 7.84. The van der Waals surface area contributed by atoms with E-state index in [-0.39, 0.29) is 12.4 Å². The maximum absolute atomic E-state index is 11.4. The minimum Gasteiger partial charge on any atom is -0.493 e. The van der Waals surface area contributed by atoms with Gasteiger partial charge in [-0.1, -0.05) is 0 Å². The Bertz CT molecular complexity index is 737. The van der Waals surface area contributed by atoms with Gasteiger partial charge >= 0.3 is 0 Å². The average molecular weight is 332 g/mol. The molecule has 0 fully saturated rings. The lowest BCUT2D eigenvalue weighted by Gasteiger charge is -2.15. The van der Waals surface area contributed by atoms with Crippen LogP contribution in [-0.4, -0.2) is 40.5 Å². The number of ether oxygens (including phenoxy) is 2. The first kappa shape index (κ1) is 18.0. The predicted molar refractivity (Wildman–Crippen MR) is 90.9 cm³/mol. The van der Waals surface area contributed by atoms with Gasteiger partial charge in [-0.2, -0.15) is 5.10 Å². The van der Waals surface area contributed by atoms with Crippen molar-refractivity contribution in [3.05, 3.63) is 40.7 Å². The fourth-order valence-corrected chi connectivity index (χ4v) is 2.41. The normalized spacial score (nSPS) is 12.1. The molecule has 130 valence electrons. The maximum atomic E-state index is 11.4. The lowest BCUT2D eigenvalue weighted by molar-refractivity contribution is 0.0871. The third kappa shape index (κ3) is 3.94. The third-order valence-corrected chi connectivity index (χ3v) is 4.13. The number of aliphatic hydroxyl groups is 1. The molecule has 0 unspecified atom stereocenters. The second-order valence-electron chi connectivity index (χ2n) is 5.86. The molecule has 0 aliphatic carbocycles. The van der Waals surface area contributed by atoms with E-state index in [9.17, 15) is 9.90 Å². The summed E-state index contributed by atoms with van der Waals surface area (Å²) < 4.78 is 12.7. The molecule has 1 N–H and O–H groups in total. The van der Waals surface area contributed by atoms with E-state index in [1.807, 2.05) is 20.8 Å².